The molecule has 1 aliphatic rings. The van der Waals surface area contributed by atoms with Gasteiger partial charge >= 0.3 is 0 Å². The van der Waals surface area contributed by atoms with Crippen molar-refractivity contribution >= 4 is 22.7 Å². The van der Waals surface area contributed by atoms with Crippen molar-refractivity contribution in [1.82, 2.24) is 0 Å². The largest absolute Gasteiger partial charge is 0.145 e. The van der Waals surface area contributed by atoms with E-state index in [1.54, 1.807) is 4.88 Å². The van der Waals surface area contributed by atoms with Crippen LogP contribution in [0.1, 0.15) is 15.3 Å². The van der Waals surface area contributed by atoms with Crippen LogP contribution in [0.15, 0.2) is 17.5 Å². The third-order valence-corrected chi connectivity index (χ3v) is 4.32. The van der Waals surface area contributed by atoms with Crippen LogP contribution in [-0.2, 0) is 6.42 Å². The van der Waals surface area contributed by atoms with E-state index in [2.05, 4.69) is 24.4 Å². The molecule has 0 aromatic carbocycles. The van der Waals surface area contributed by atoms with Crippen LogP contribution in [0.3, 0.4) is 0 Å². The predicted molar refractivity (Wildman–Crippen MR) is 55.2 cm³/mol. The first-order valence-electron chi connectivity index (χ1n) is 4.00. The van der Waals surface area contributed by atoms with Crippen LogP contribution in [0.25, 0.3) is 10.4 Å². The Morgan fingerprint density at radius 2 is 2.33 bits per heavy atom. The minimum Gasteiger partial charge on any atom is -0.145 e. The number of fused-ring (bicyclic) bond motifs is 3. The number of thiophene rings is 2. The molecular formula is C10H8S2. The fourth-order valence-corrected chi connectivity index (χ4v) is 3.87. The van der Waals surface area contributed by atoms with Crippen LogP contribution in [0.2, 0.25) is 0 Å². The average molecular weight is 192 g/mol. The Labute approximate surface area is 79.5 Å². The van der Waals surface area contributed by atoms with Crippen molar-refractivity contribution in [2.24, 2.45) is 0 Å². The van der Waals surface area contributed by atoms with Crippen molar-refractivity contribution in [2.75, 3.05) is 0 Å². The lowest BCUT2D eigenvalue weighted by atomic mass is 10.2. The number of hydrogen-bond donors (Lipinski definition) is 0. The topological polar surface area (TPSA) is 0 Å². The zero-order valence-corrected chi connectivity index (χ0v) is 8.39. The highest BCUT2D eigenvalue weighted by Gasteiger charge is 2.21. The highest BCUT2D eigenvalue weighted by atomic mass is 32.1. The normalized spacial score (nSPS) is 13.1. The van der Waals surface area contributed by atoms with Crippen LogP contribution >= 0.6 is 22.7 Å². The number of rotatable bonds is 0. The van der Waals surface area contributed by atoms with E-state index in [0.29, 0.717) is 0 Å². The van der Waals surface area contributed by atoms with Gasteiger partial charge in [-0.2, -0.15) is 0 Å². The molecule has 0 saturated carbocycles. The van der Waals surface area contributed by atoms with E-state index < -0.39 is 0 Å². The van der Waals surface area contributed by atoms with Crippen molar-refractivity contribution < 1.29 is 0 Å². The molecule has 2 heteroatoms. The van der Waals surface area contributed by atoms with Gasteiger partial charge < -0.3 is 0 Å². The van der Waals surface area contributed by atoms with Crippen LogP contribution < -0.4 is 0 Å². The van der Waals surface area contributed by atoms with E-state index in [-0.39, 0.29) is 0 Å². The lowest BCUT2D eigenvalue weighted by Gasteiger charge is -1.86. The zero-order valence-electron chi connectivity index (χ0n) is 6.76. The summed E-state index contributed by atoms with van der Waals surface area (Å²) in [5.41, 5.74) is 3.03. The first-order valence-corrected chi connectivity index (χ1v) is 5.70. The molecule has 0 saturated heterocycles. The van der Waals surface area contributed by atoms with Crippen molar-refractivity contribution in [3.8, 4) is 10.4 Å². The minimum atomic E-state index is 1.17. The standard InChI is InChI=1S/C10H8S2/c1-6-4-8-9(12-6)5-7-2-3-11-10(7)8/h2-4H,5H2,1H3. The molecule has 0 N–H and O–H groups in total. The summed E-state index contributed by atoms with van der Waals surface area (Å²) in [6.45, 7) is 2.19. The molecule has 2 aromatic rings. The first-order chi connectivity index (χ1) is 5.84. The second-order valence-corrected chi connectivity index (χ2v) is 5.40. The maximum atomic E-state index is 2.32. The molecule has 0 spiro atoms. The highest BCUT2D eigenvalue weighted by Crippen LogP contribution is 2.44. The van der Waals surface area contributed by atoms with E-state index in [1.807, 2.05) is 22.7 Å². The summed E-state index contributed by atoms with van der Waals surface area (Å²) >= 11 is 3.82. The van der Waals surface area contributed by atoms with Gasteiger partial charge in [0.15, 0.2) is 0 Å². The molecular weight excluding hydrogens is 184 g/mol. The zero-order chi connectivity index (χ0) is 8.13. The van der Waals surface area contributed by atoms with Gasteiger partial charge in [-0.3, -0.25) is 0 Å². The van der Waals surface area contributed by atoms with Gasteiger partial charge in [0, 0.05) is 26.6 Å². The first kappa shape index (κ1) is 6.87. The number of hydrogen-bond acceptors (Lipinski definition) is 2. The van der Waals surface area contributed by atoms with Gasteiger partial charge in [-0.15, -0.1) is 22.7 Å². The third kappa shape index (κ3) is 0.767. The molecule has 0 amide bonds. The maximum absolute atomic E-state index is 2.32. The van der Waals surface area contributed by atoms with E-state index in [0.717, 1.165) is 0 Å². The lowest BCUT2D eigenvalue weighted by molar-refractivity contribution is 1.33. The fraction of sp³-hybridized carbons (Fsp3) is 0.200. The summed E-state index contributed by atoms with van der Waals surface area (Å²) in [4.78, 5) is 4.52. The van der Waals surface area contributed by atoms with E-state index in [1.165, 1.54) is 27.3 Å². The van der Waals surface area contributed by atoms with Crippen molar-refractivity contribution in [3.05, 3.63) is 32.8 Å². The molecule has 0 aliphatic heterocycles. The molecule has 0 unspecified atom stereocenters. The van der Waals surface area contributed by atoms with Gasteiger partial charge in [0.25, 0.3) is 0 Å². The Morgan fingerprint density at radius 3 is 3.25 bits per heavy atom. The molecule has 0 radical (unpaired) electrons. The molecule has 1 aliphatic carbocycles. The van der Waals surface area contributed by atoms with Crippen molar-refractivity contribution in [2.45, 2.75) is 13.3 Å². The number of aryl methyl sites for hydroxylation is 1. The Morgan fingerprint density at radius 1 is 1.42 bits per heavy atom. The van der Waals surface area contributed by atoms with Crippen LogP contribution in [0.5, 0.6) is 0 Å². The Hall–Kier alpha value is -0.600. The Balaban J connectivity index is 2.32. The van der Waals surface area contributed by atoms with Gasteiger partial charge in [-0.1, -0.05) is 0 Å². The Kier molecular flexibility index (Phi) is 1.26. The average Bonchev–Trinajstić information content (AvgIpc) is 2.59. The fourth-order valence-electron chi connectivity index (χ4n) is 1.77. The Bertz CT molecular complexity index is 434. The second-order valence-electron chi connectivity index (χ2n) is 3.15. The van der Waals surface area contributed by atoms with Crippen molar-refractivity contribution in [3.63, 3.8) is 0 Å². The molecule has 0 bridgehead atoms. The van der Waals surface area contributed by atoms with E-state index in [4.69, 9.17) is 0 Å². The minimum absolute atomic E-state index is 1.17. The molecule has 2 heterocycles. The smallest absolute Gasteiger partial charge is 0.0389 e. The van der Waals surface area contributed by atoms with Gasteiger partial charge in [0.1, 0.15) is 0 Å². The van der Waals surface area contributed by atoms with E-state index in [9.17, 15) is 0 Å². The van der Waals surface area contributed by atoms with Crippen LogP contribution in [-0.4, -0.2) is 0 Å². The van der Waals surface area contributed by atoms with Gasteiger partial charge in [0.05, 0.1) is 0 Å². The summed E-state index contributed by atoms with van der Waals surface area (Å²) in [5, 5.41) is 2.20. The molecule has 0 fully saturated rings. The maximum Gasteiger partial charge on any atom is 0.0389 e. The molecule has 2 aromatic heterocycles. The highest BCUT2D eigenvalue weighted by molar-refractivity contribution is 7.16. The summed E-state index contributed by atoms with van der Waals surface area (Å²) in [7, 11) is 0. The molecule has 60 valence electrons. The SMILES string of the molecule is Cc1cc2c(s1)Cc1ccsc1-2. The summed E-state index contributed by atoms with van der Waals surface area (Å²) in [6, 6.07) is 4.57. The third-order valence-electron chi connectivity index (χ3n) is 2.27. The quantitative estimate of drug-likeness (QED) is 0.509. The monoisotopic (exact) mass is 192 g/mol. The lowest BCUT2D eigenvalue weighted by Crippen LogP contribution is -1.71. The molecule has 0 atom stereocenters. The molecule has 3 rings (SSSR count). The van der Waals surface area contributed by atoms with E-state index >= 15 is 0 Å². The predicted octanol–water partition coefficient (Wildman–Crippen LogP) is 3.69. The van der Waals surface area contributed by atoms with Gasteiger partial charge in [0.2, 0.25) is 0 Å². The second kappa shape index (κ2) is 2.21. The van der Waals surface area contributed by atoms with Crippen LogP contribution in [0, 0.1) is 6.92 Å². The van der Waals surface area contributed by atoms with Gasteiger partial charge in [-0.25, -0.2) is 0 Å². The summed E-state index contributed by atoms with van der Waals surface area (Å²) in [6.07, 6.45) is 1.17. The summed E-state index contributed by atoms with van der Waals surface area (Å²) in [5.74, 6) is 0. The molecule has 0 nitrogen and oxygen atoms in total. The van der Waals surface area contributed by atoms with Gasteiger partial charge in [-0.05, 0) is 30.0 Å². The molecule has 12 heavy (non-hydrogen) atoms. The summed E-state index contributed by atoms with van der Waals surface area (Å²) < 4.78 is 0. The van der Waals surface area contributed by atoms with Crippen molar-refractivity contribution in [1.29, 1.82) is 0 Å². The van der Waals surface area contributed by atoms with Crippen LogP contribution in [0.4, 0.5) is 0 Å².